The highest BCUT2D eigenvalue weighted by Crippen LogP contribution is 2.34. The molecule has 2 nitrogen and oxygen atoms in total. The Morgan fingerprint density at radius 1 is 1.50 bits per heavy atom. The zero-order valence-electron chi connectivity index (χ0n) is 8.90. The van der Waals surface area contributed by atoms with Gasteiger partial charge in [0.25, 0.3) is 0 Å². The summed E-state index contributed by atoms with van der Waals surface area (Å²) < 4.78 is 0. The molecule has 0 fully saturated rings. The summed E-state index contributed by atoms with van der Waals surface area (Å²) in [6, 6.07) is 0.531. The van der Waals surface area contributed by atoms with Crippen molar-refractivity contribution in [1.29, 1.82) is 0 Å². The fourth-order valence-corrected chi connectivity index (χ4v) is 2.43. The first-order valence-electron chi connectivity index (χ1n) is 5.22. The molecule has 0 saturated heterocycles. The Morgan fingerprint density at radius 2 is 2.29 bits per heavy atom. The van der Waals surface area contributed by atoms with Gasteiger partial charge in [0.15, 0.2) is 0 Å². The topological polar surface area (TPSA) is 29.3 Å². The minimum Gasteiger partial charge on any atom is -0.371 e. The van der Waals surface area contributed by atoms with Gasteiger partial charge in [0.05, 0.1) is 6.04 Å². The second-order valence-electron chi connectivity index (χ2n) is 4.11. The van der Waals surface area contributed by atoms with Crippen molar-refractivity contribution in [2.75, 3.05) is 13.6 Å². The molecule has 0 aromatic carbocycles. The van der Waals surface area contributed by atoms with E-state index in [1.54, 1.807) is 0 Å². The predicted octanol–water partition coefficient (Wildman–Crippen LogP) is 1.67. The first-order chi connectivity index (χ1) is 6.74. The van der Waals surface area contributed by atoms with Gasteiger partial charge in [0.1, 0.15) is 0 Å². The number of nitrogens with zero attached hydrogens (tertiary/aromatic N) is 1. The third-order valence-corrected chi connectivity index (χ3v) is 3.23. The maximum atomic E-state index is 5.62. The van der Waals surface area contributed by atoms with Crippen LogP contribution in [0.25, 0.3) is 0 Å². The van der Waals surface area contributed by atoms with E-state index < -0.39 is 0 Å². The van der Waals surface area contributed by atoms with Crippen LogP contribution in [0.5, 0.6) is 0 Å². The van der Waals surface area contributed by atoms with Gasteiger partial charge in [-0.3, -0.25) is 0 Å². The minimum absolute atomic E-state index is 0.531. The Labute approximate surface area is 85.8 Å². The largest absolute Gasteiger partial charge is 0.371 e. The van der Waals surface area contributed by atoms with Crippen LogP contribution in [0.4, 0.5) is 0 Å². The molecular weight excluding hydrogens is 172 g/mol. The second-order valence-corrected chi connectivity index (χ2v) is 4.11. The van der Waals surface area contributed by atoms with Gasteiger partial charge in [-0.1, -0.05) is 24.3 Å². The molecule has 0 saturated carbocycles. The maximum Gasteiger partial charge on any atom is 0.0597 e. The molecule has 0 bridgehead atoms. The summed E-state index contributed by atoms with van der Waals surface area (Å²) in [6.45, 7) is 2.92. The van der Waals surface area contributed by atoms with E-state index in [0.29, 0.717) is 12.0 Å². The highest BCUT2D eigenvalue weighted by atomic mass is 15.2. The fourth-order valence-electron chi connectivity index (χ4n) is 2.43. The van der Waals surface area contributed by atoms with Crippen LogP contribution >= 0.6 is 0 Å². The van der Waals surface area contributed by atoms with E-state index in [2.05, 4.69) is 43.2 Å². The Balaban J connectivity index is 2.23. The predicted molar refractivity (Wildman–Crippen MR) is 59.7 cm³/mol. The van der Waals surface area contributed by atoms with Gasteiger partial charge >= 0.3 is 0 Å². The maximum absolute atomic E-state index is 5.62. The minimum atomic E-state index is 0.531. The van der Waals surface area contributed by atoms with Gasteiger partial charge in [0, 0.05) is 18.7 Å². The van der Waals surface area contributed by atoms with E-state index in [9.17, 15) is 0 Å². The smallest absolute Gasteiger partial charge is 0.0597 e. The monoisotopic (exact) mass is 190 g/mol. The van der Waals surface area contributed by atoms with Crippen molar-refractivity contribution >= 4 is 0 Å². The van der Waals surface area contributed by atoms with Crippen molar-refractivity contribution in [2.24, 2.45) is 11.7 Å². The van der Waals surface area contributed by atoms with E-state index in [0.717, 1.165) is 13.0 Å². The van der Waals surface area contributed by atoms with Crippen molar-refractivity contribution in [3.63, 3.8) is 0 Å². The summed E-state index contributed by atoms with van der Waals surface area (Å²) in [7, 11) is 2.17. The SMILES string of the molecule is CC1=CC2C=CC=C(CCN)C2N1C. The number of hydrogen-bond donors (Lipinski definition) is 1. The van der Waals surface area contributed by atoms with Gasteiger partial charge in [-0.15, -0.1) is 0 Å². The first kappa shape index (κ1) is 9.53. The van der Waals surface area contributed by atoms with Crippen LogP contribution in [-0.2, 0) is 0 Å². The van der Waals surface area contributed by atoms with Crippen LogP contribution in [0.3, 0.4) is 0 Å². The molecule has 0 amide bonds. The molecule has 2 aliphatic rings. The van der Waals surface area contributed by atoms with Crippen molar-refractivity contribution in [2.45, 2.75) is 19.4 Å². The number of nitrogens with two attached hydrogens (primary N) is 1. The second kappa shape index (κ2) is 3.62. The molecule has 2 atom stereocenters. The number of fused-ring (bicyclic) bond motifs is 1. The van der Waals surface area contributed by atoms with Gasteiger partial charge in [-0.05, 0) is 25.5 Å². The summed E-state index contributed by atoms with van der Waals surface area (Å²) in [5.41, 5.74) is 8.46. The molecule has 2 unspecified atom stereocenters. The average Bonchev–Trinajstić information content (AvgIpc) is 2.45. The molecule has 0 spiro atoms. The quantitative estimate of drug-likeness (QED) is 0.717. The highest BCUT2D eigenvalue weighted by molar-refractivity contribution is 5.34. The van der Waals surface area contributed by atoms with Gasteiger partial charge < -0.3 is 10.6 Å². The van der Waals surface area contributed by atoms with Crippen molar-refractivity contribution in [1.82, 2.24) is 4.90 Å². The lowest BCUT2D eigenvalue weighted by molar-refractivity contribution is 0.336. The van der Waals surface area contributed by atoms with E-state index in [1.807, 2.05) is 0 Å². The van der Waals surface area contributed by atoms with E-state index in [4.69, 9.17) is 5.73 Å². The molecule has 76 valence electrons. The van der Waals surface area contributed by atoms with E-state index >= 15 is 0 Å². The lowest BCUT2D eigenvalue weighted by Crippen LogP contribution is -2.33. The summed E-state index contributed by atoms with van der Waals surface area (Å²) in [5.74, 6) is 0.562. The van der Waals surface area contributed by atoms with E-state index in [-0.39, 0.29) is 0 Å². The Bertz CT molecular complexity index is 312. The van der Waals surface area contributed by atoms with Gasteiger partial charge in [0.2, 0.25) is 0 Å². The van der Waals surface area contributed by atoms with Crippen LogP contribution in [0.2, 0.25) is 0 Å². The van der Waals surface area contributed by atoms with Crippen LogP contribution in [0, 0.1) is 5.92 Å². The van der Waals surface area contributed by atoms with Crippen molar-refractivity contribution < 1.29 is 0 Å². The molecule has 1 aliphatic heterocycles. The van der Waals surface area contributed by atoms with Gasteiger partial charge in [-0.2, -0.15) is 0 Å². The molecule has 1 aliphatic carbocycles. The van der Waals surface area contributed by atoms with Crippen molar-refractivity contribution in [3.8, 4) is 0 Å². The summed E-state index contributed by atoms with van der Waals surface area (Å²) >= 11 is 0. The van der Waals surface area contributed by atoms with Crippen LogP contribution in [0.15, 0.2) is 35.6 Å². The first-order valence-corrected chi connectivity index (χ1v) is 5.22. The molecule has 0 aromatic rings. The zero-order valence-corrected chi connectivity index (χ0v) is 8.90. The summed E-state index contributed by atoms with van der Waals surface area (Å²) in [4.78, 5) is 2.36. The number of likely N-dealkylation sites (N-methyl/N-ethyl adjacent to an activating group) is 1. The fraction of sp³-hybridized carbons (Fsp3) is 0.500. The Kier molecular flexibility index (Phi) is 2.46. The van der Waals surface area contributed by atoms with Crippen LogP contribution in [-0.4, -0.2) is 24.5 Å². The molecule has 2 heteroatoms. The zero-order chi connectivity index (χ0) is 10.1. The molecule has 1 heterocycles. The molecule has 2 rings (SSSR count). The standard InChI is InChI=1S/C12H18N2/c1-9-8-11-5-3-4-10(6-7-13)12(11)14(9)2/h3-5,8,11-12H,6-7,13H2,1-2H3. The molecular formula is C12H18N2. The van der Waals surface area contributed by atoms with Gasteiger partial charge in [-0.25, -0.2) is 0 Å². The molecule has 2 N–H and O–H groups in total. The van der Waals surface area contributed by atoms with Crippen LogP contribution < -0.4 is 5.73 Å². The van der Waals surface area contributed by atoms with E-state index in [1.165, 1.54) is 11.3 Å². The third-order valence-electron chi connectivity index (χ3n) is 3.23. The number of allylic oxidation sites excluding steroid dienone is 3. The third kappa shape index (κ3) is 1.40. The highest BCUT2D eigenvalue weighted by Gasteiger charge is 2.32. The Hall–Kier alpha value is -1.02. The number of hydrogen-bond acceptors (Lipinski definition) is 2. The Morgan fingerprint density at radius 3 is 3.00 bits per heavy atom. The average molecular weight is 190 g/mol. The van der Waals surface area contributed by atoms with Crippen molar-refractivity contribution in [3.05, 3.63) is 35.6 Å². The lowest BCUT2D eigenvalue weighted by atomic mass is 9.88. The summed E-state index contributed by atoms with van der Waals surface area (Å²) in [5, 5.41) is 0. The summed E-state index contributed by atoms with van der Waals surface area (Å²) in [6.07, 6.45) is 10.0. The molecule has 0 aromatic heterocycles. The van der Waals surface area contributed by atoms with Crippen LogP contribution in [0.1, 0.15) is 13.3 Å². The molecule has 0 radical (unpaired) electrons. The molecule has 14 heavy (non-hydrogen) atoms. The lowest BCUT2D eigenvalue weighted by Gasteiger charge is -2.31. The normalized spacial score (nSPS) is 30.1. The number of rotatable bonds is 2.